The lowest BCUT2D eigenvalue weighted by Gasteiger charge is -2.29. The van der Waals surface area contributed by atoms with Gasteiger partial charge in [-0.2, -0.15) is 0 Å². The van der Waals surface area contributed by atoms with E-state index in [-0.39, 0.29) is 12.1 Å². The number of nitrogens with zero attached hydrogens (tertiary/aromatic N) is 3. The minimum absolute atomic E-state index is 0.0225. The van der Waals surface area contributed by atoms with E-state index in [2.05, 4.69) is 15.3 Å². The Morgan fingerprint density at radius 2 is 2.41 bits per heavy atom. The summed E-state index contributed by atoms with van der Waals surface area (Å²) in [6.45, 7) is 5.11. The third kappa shape index (κ3) is 3.27. The summed E-state index contributed by atoms with van der Waals surface area (Å²) in [4.78, 5) is 22.8. The van der Waals surface area contributed by atoms with Gasteiger partial charge in [0.05, 0.1) is 18.5 Å². The molecule has 0 spiro atoms. The van der Waals surface area contributed by atoms with Crippen molar-refractivity contribution in [2.24, 2.45) is 0 Å². The quantitative estimate of drug-likeness (QED) is 0.942. The van der Waals surface area contributed by atoms with Crippen molar-refractivity contribution < 1.29 is 9.21 Å². The maximum Gasteiger partial charge on any atom is 0.317 e. The van der Waals surface area contributed by atoms with Crippen LogP contribution in [-0.4, -0.2) is 33.5 Å². The fourth-order valence-corrected chi connectivity index (χ4v) is 2.67. The van der Waals surface area contributed by atoms with Crippen LogP contribution in [0.5, 0.6) is 0 Å². The monoisotopic (exact) mass is 300 g/mol. The summed E-state index contributed by atoms with van der Waals surface area (Å²) >= 11 is 0. The van der Waals surface area contributed by atoms with Gasteiger partial charge in [0.2, 0.25) is 0 Å². The molecule has 6 nitrogen and oxygen atoms in total. The Morgan fingerprint density at radius 1 is 1.55 bits per heavy atom. The average Bonchev–Trinajstić information content (AvgIpc) is 2.99. The minimum Gasteiger partial charge on any atom is -0.469 e. The highest BCUT2D eigenvalue weighted by molar-refractivity contribution is 5.74. The van der Waals surface area contributed by atoms with E-state index in [0.717, 1.165) is 29.3 Å². The van der Waals surface area contributed by atoms with Crippen molar-refractivity contribution in [3.05, 3.63) is 47.4 Å². The Bertz CT molecular complexity index is 654. The molecule has 0 saturated heterocycles. The molecule has 22 heavy (non-hydrogen) atoms. The van der Waals surface area contributed by atoms with Crippen LogP contribution in [0.3, 0.4) is 0 Å². The molecule has 0 fully saturated rings. The molecule has 2 aromatic rings. The number of hydrogen-bond acceptors (Lipinski definition) is 4. The molecule has 0 aromatic carbocycles. The van der Waals surface area contributed by atoms with Crippen LogP contribution in [0.25, 0.3) is 0 Å². The number of urea groups is 1. The molecule has 3 heterocycles. The van der Waals surface area contributed by atoms with Crippen LogP contribution < -0.4 is 5.32 Å². The van der Waals surface area contributed by atoms with E-state index >= 15 is 0 Å². The fourth-order valence-electron chi connectivity index (χ4n) is 2.67. The van der Waals surface area contributed by atoms with Crippen molar-refractivity contribution in [3.8, 4) is 0 Å². The Hall–Kier alpha value is -2.37. The molecule has 0 radical (unpaired) electrons. The topological polar surface area (TPSA) is 71.3 Å². The third-order valence-electron chi connectivity index (χ3n) is 3.80. The van der Waals surface area contributed by atoms with Gasteiger partial charge in [-0.05, 0) is 26.0 Å². The summed E-state index contributed by atoms with van der Waals surface area (Å²) in [7, 11) is 0. The number of nitrogens with one attached hydrogen (secondary N) is 1. The van der Waals surface area contributed by atoms with E-state index in [1.54, 1.807) is 11.2 Å². The average molecular weight is 300 g/mol. The Morgan fingerprint density at radius 3 is 3.18 bits per heavy atom. The number of carbonyl (C=O) groups excluding carboxylic acids is 1. The summed E-state index contributed by atoms with van der Waals surface area (Å²) < 4.78 is 5.31. The van der Waals surface area contributed by atoms with Crippen molar-refractivity contribution in [2.75, 3.05) is 6.54 Å². The first-order valence-corrected chi connectivity index (χ1v) is 7.51. The standard InChI is InChI=1S/C16H20N4O2/c1-11(8-14-4-3-7-22-14)18-16(21)20-6-5-15-13(10-20)9-17-12(2)19-15/h3-4,7,9,11H,5-6,8,10H2,1-2H3,(H,18,21). The lowest BCUT2D eigenvalue weighted by atomic mass is 10.1. The second-order valence-corrected chi connectivity index (χ2v) is 5.69. The van der Waals surface area contributed by atoms with Gasteiger partial charge in [0.25, 0.3) is 0 Å². The van der Waals surface area contributed by atoms with Crippen molar-refractivity contribution >= 4 is 6.03 Å². The van der Waals surface area contributed by atoms with E-state index in [0.29, 0.717) is 19.5 Å². The second kappa shape index (κ2) is 6.17. The van der Waals surface area contributed by atoms with Gasteiger partial charge in [0, 0.05) is 37.2 Å². The van der Waals surface area contributed by atoms with Gasteiger partial charge >= 0.3 is 6.03 Å². The molecule has 0 bridgehead atoms. The maximum absolute atomic E-state index is 12.4. The zero-order valence-electron chi connectivity index (χ0n) is 12.9. The largest absolute Gasteiger partial charge is 0.469 e. The van der Waals surface area contributed by atoms with E-state index in [9.17, 15) is 4.79 Å². The highest BCUT2D eigenvalue weighted by Gasteiger charge is 2.23. The third-order valence-corrected chi connectivity index (χ3v) is 3.80. The first kappa shape index (κ1) is 14.6. The van der Waals surface area contributed by atoms with Crippen LogP contribution in [0, 0.1) is 6.92 Å². The number of furan rings is 1. The molecule has 1 N–H and O–H groups in total. The van der Waals surface area contributed by atoms with Crippen molar-refractivity contribution in [3.63, 3.8) is 0 Å². The Labute approximate surface area is 129 Å². The first-order chi connectivity index (χ1) is 10.6. The normalized spacial score (nSPS) is 15.3. The van der Waals surface area contributed by atoms with Gasteiger partial charge in [0.15, 0.2) is 0 Å². The number of amides is 2. The molecule has 1 aliphatic heterocycles. The molecule has 1 atom stereocenters. The number of hydrogen-bond donors (Lipinski definition) is 1. The van der Waals surface area contributed by atoms with E-state index < -0.39 is 0 Å². The smallest absolute Gasteiger partial charge is 0.317 e. The number of carbonyl (C=O) groups is 1. The van der Waals surface area contributed by atoms with Crippen molar-refractivity contribution in [1.82, 2.24) is 20.2 Å². The van der Waals surface area contributed by atoms with Gasteiger partial charge in [-0.3, -0.25) is 0 Å². The molecule has 3 rings (SSSR count). The number of rotatable bonds is 3. The molecule has 1 unspecified atom stereocenters. The van der Waals surface area contributed by atoms with Crippen LogP contribution in [0.1, 0.15) is 29.8 Å². The lowest BCUT2D eigenvalue weighted by Crippen LogP contribution is -2.46. The second-order valence-electron chi connectivity index (χ2n) is 5.69. The molecule has 2 amide bonds. The molecule has 0 aliphatic carbocycles. The summed E-state index contributed by atoms with van der Waals surface area (Å²) in [5, 5.41) is 3.02. The van der Waals surface area contributed by atoms with E-state index in [1.165, 1.54) is 0 Å². The first-order valence-electron chi connectivity index (χ1n) is 7.51. The van der Waals surface area contributed by atoms with Gasteiger partial charge < -0.3 is 14.6 Å². The van der Waals surface area contributed by atoms with Crippen LogP contribution in [0.2, 0.25) is 0 Å². The fraction of sp³-hybridized carbons (Fsp3) is 0.438. The highest BCUT2D eigenvalue weighted by Crippen LogP contribution is 2.16. The zero-order valence-corrected chi connectivity index (χ0v) is 12.9. The predicted molar refractivity (Wildman–Crippen MR) is 81.3 cm³/mol. The van der Waals surface area contributed by atoms with Gasteiger partial charge in [-0.15, -0.1) is 0 Å². The van der Waals surface area contributed by atoms with Gasteiger partial charge in [-0.1, -0.05) is 0 Å². The van der Waals surface area contributed by atoms with Crippen LogP contribution in [0.15, 0.2) is 29.0 Å². The summed E-state index contributed by atoms with van der Waals surface area (Å²) in [5.41, 5.74) is 2.09. The highest BCUT2D eigenvalue weighted by atomic mass is 16.3. The van der Waals surface area contributed by atoms with E-state index in [4.69, 9.17) is 4.42 Å². The predicted octanol–water partition coefficient (Wildman–Crippen LogP) is 2.08. The molecular weight excluding hydrogens is 280 g/mol. The minimum atomic E-state index is -0.0507. The van der Waals surface area contributed by atoms with E-state index in [1.807, 2.05) is 32.2 Å². The summed E-state index contributed by atoms with van der Waals surface area (Å²) in [6.07, 6.45) is 4.93. The molecular formula is C16H20N4O2. The Kier molecular flexibility index (Phi) is 4.09. The van der Waals surface area contributed by atoms with Crippen molar-refractivity contribution in [2.45, 2.75) is 39.3 Å². The van der Waals surface area contributed by atoms with Crippen molar-refractivity contribution in [1.29, 1.82) is 0 Å². The SMILES string of the molecule is Cc1ncc2c(n1)CCN(C(=O)NC(C)Cc1ccco1)C2. The molecule has 1 aliphatic rings. The van der Waals surface area contributed by atoms with Crippen LogP contribution in [0.4, 0.5) is 4.79 Å². The van der Waals surface area contributed by atoms with Gasteiger partial charge in [-0.25, -0.2) is 14.8 Å². The molecule has 0 saturated carbocycles. The Balaban J connectivity index is 1.58. The zero-order chi connectivity index (χ0) is 15.5. The number of aromatic nitrogens is 2. The molecule has 2 aromatic heterocycles. The molecule has 116 valence electrons. The molecule has 6 heteroatoms. The number of fused-ring (bicyclic) bond motifs is 1. The summed E-state index contributed by atoms with van der Waals surface area (Å²) in [6, 6.07) is 3.74. The van der Waals surface area contributed by atoms with Crippen LogP contribution in [-0.2, 0) is 19.4 Å². The number of aryl methyl sites for hydroxylation is 1. The summed E-state index contributed by atoms with van der Waals surface area (Å²) in [5.74, 6) is 1.66. The van der Waals surface area contributed by atoms with Gasteiger partial charge in [0.1, 0.15) is 11.6 Å². The lowest BCUT2D eigenvalue weighted by molar-refractivity contribution is 0.188. The maximum atomic E-state index is 12.4. The van der Waals surface area contributed by atoms with Crippen LogP contribution >= 0.6 is 0 Å².